The molecule has 0 aromatic heterocycles. The molecule has 2 nitrogen and oxygen atoms in total. The molecule has 2 saturated carbocycles. The van der Waals surface area contributed by atoms with Crippen molar-refractivity contribution in [2.45, 2.75) is 84.3 Å². The summed E-state index contributed by atoms with van der Waals surface area (Å²) in [5.41, 5.74) is 7.15. The van der Waals surface area contributed by atoms with Crippen LogP contribution in [0, 0.1) is 23.2 Å². The van der Waals surface area contributed by atoms with Crippen LogP contribution in [0.1, 0.15) is 72.6 Å². The largest absolute Gasteiger partial charge is 0.377 e. The Kier molecular flexibility index (Phi) is 4.86. The third kappa shape index (κ3) is 3.22. The molecular weight excluding hydrogens is 246 g/mol. The van der Waals surface area contributed by atoms with E-state index in [2.05, 4.69) is 27.7 Å². The summed E-state index contributed by atoms with van der Waals surface area (Å²) in [5, 5.41) is 0. The van der Waals surface area contributed by atoms with E-state index < -0.39 is 0 Å². The fourth-order valence-electron chi connectivity index (χ4n) is 4.37. The Morgan fingerprint density at radius 1 is 1.00 bits per heavy atom. The minimum atomic E-state index is -0.0551. The molecule has 0 radical (unpaired) electrons. The van der Waals surface area contributed by atoms with Crippen LogP contribution in [0.4, 0.5) is 0 Å². The Balaban J connectivity index is 2.04. The fraction of sp³-hybridized carbons (Fsp3) is 1.00. The number of hydrogen-bond acceptors (Lipinski definition) is 2. The van der Waals surface area contributed by atoms with Crippen LogP contribution in [0.25, 0.3) is 0 Å². The molecule has 2 aliphatic carbocycles. The number of ether oxygens (including phenoxy) is 1. The third-order valence-electron chi connectivity index (χ3n) is 6.61. The zero-order valence-electron chi connectivity index (χ0n) is 14.2. The van der Waals surface area contributed by atoms with Gasteiger partial charge >= 0.3 is 0 Å². The predicted octanol–water partition coefficient (Wildman–Crippen LogP) is 4.37. The molecule has 0 heterocycles. The highest BCUT2D eigenvalue weighted by molar-refractivity contribution is 5.01. The normalized spacial score (nSPS) is 38.4. The number of hydrogen-bond donors (Lipinski definition) is 1. The maximum atomic E-state index is 6.74. The summed E-state index contributed by atoms with van der Waals surface area (Å²) in [7, 11) is 1.88. The summed E-state index contributed by atoms with van der Waals surface area (Å²) < 4.78 is 6.02. The van der Waals surface area contributed by atoms with E-state index in [-0.39, 0.29) is 11.6 Å². The summed E-state index contributed by atoms with van der Waals surface area (Å²) in [6.07, 6.45) is 8.68. The highest BCUT2D eigenvalue weighted by atomic mass is 16.5. The summed E-state index contributed by atoms with van der Waals surface area (Å²) in [6, 6.07) is 0.221. The Labute approximate surface area is 125 Å². The first-order valence-electron chi connectivity index (χ1n) is 8.60. The van der Waals surface area contributed by atoms with E-state index >= 15 is 0 Å². The van der Waals surface area contributed by atoms with Crippen LogP contribution in [0.3, 0.4) is 0 Å². The molecule has 0 bridgehead atoms. The van der Waals surface area contributed by atoms with Crippen molar-refractivity contribution in [3.8, 4) is 0 Å². The van der Waals surface area contributed by atoms with Crippen molar-refractivity contribution in [3.63, 3.8) is 0 Å². The molecule has 0 aromatic rings. The second-order valence-corrected chi connectivity index (χ2v) is 8.49. The van der Waals surface area contributed by atoms with Crippen LogP contribution in [-0.4, -0.2) is 18.8 Å². The molecule has 2 N–H and O–H groups in total. The van der Waals surface area contributed by atoms with Crippen molar-refractivity contribution in [1.29, 1.82) is 0 Å². The SMILES string of the molecule is COC1(C(N)C2CCC(C)C(C)C2)CCC(C)(C)CC1. The number of nitrogens with two attached hydrogens (primary N) is 1. The lowest BCUT2D eigenvalue weighted by Gasteiger charge is -2.49. The van der Waals surface area contributed by atoms with Gasteiger partial charge < -0.3 is 10.5 Å². The molecule has 2 rings (SSSR count). The lowest BCUT2D eigenvalue weighted by Crippen LogP contribution is -2.56. The molecule has 0 saturated heterocycles. The van der Waals surface area contributed by atoms with Gasteiger partial charge in [-0.15, -0.1) is 0 Å². The fourth-order valence-corrected chi connectivity index (χ4v) is 4.37. The average molecular weight is 281 g/mol. The topological polar surface area (TPSA) is 35.2 Å². The number of rotatable bonds is 3. The molecule has 118 valence electrons. The molecular formula is C18H35NO. The van der Waals surface area contributed by atoms with Gasteiger partial charge in [-0.2, -0.15) is 0 Å². The van der Waals surface area contributed by atoms with Crippen LogP contribution in [0.5, 0.6) is 0 Å². The third-order valence-corrected chi connectivity index (χ3v) is 6.61. The lowest BCUT2D eigenvalue weighted by atomic mass is 9.63. The van der Waals surface area contributed by atoms with Crippen LogP contribution in [-0.2, 0) is 4.74 Å². The van der Waals surface area contributed by atoms with Crippen molar-refractivity contribution >= 4 is 0 Å². The Hall–Kier alpha value is -0.0800. The second kappa shape index (κ2) is 5.96. The van der Waals surface area contributed by atoms with Crippen molar-refractivity contribution in [3.05, 3.63) is 0 Å². The molecule has 0 amide bonds. The molecule has 20 heavy (non-hydrogen) atoms. The minimum absolute atomic E-state index is 0.0551. The molecule has 0 aromatic carbocycles. The van der Waals surface area contributed by atoms with Gasteiger partial charge in [0.15, 0.2) is 0 Å². The molecule has 4 unspecified atom stereocenters. The smallest absolute Gasteiger partial charge is 0.0831 e. The first-order chi connectivity index (χ1) is 9.30. The van der Waals surface area contributed by atoms with Crippen LogP contribution in [0.2, 0.25) is 0 Å². The van der Waals surface area contributed by atoms with E-state index in [1.165, 1.54) is 32.1 Å². The maximum absolute atomic E-state index is 6.74. The van der Waals surface area contributed by atoms with E-state index in [0.29, 0.717) is 11.3 Å². The molecule has 2 heteroatoms. The van der Waals surface area contributed by atoms with Crippen molar-refractivity contribution in [2.24, 2.45) is 28.9 Å². The van der Waals surface area contributed by atoms with Gasteiger partial charge in [-0.3, -0.25) is 0 Å². The molecule has 2 aliphatic rings. The monoisotopic (exact) mass is 281 g/mol. The van der Waals surface area contributed by atoms with Crippen molar-refractivity contribution in [2.75, 3.05) is 7.11 Å². The highest BCUT2D eigenvalue weighted by Gasteiger charge is 2.46. The van der Waals surface area contributed by atoms with Gasteiger partial charge in [0, 0.05) is 13.2 Å². The Morgan fingerprint density at radius 2 is 1.60 bits per heavy atom. The van der Waals surface area contributed by atoms with Crippen molar-refractivity contribution in [1.82, 2.24) is 0 Å². The zero-order valence-corrected chi connectivity index (χ0v) is 14.2. The van der Waals surface area contributed by atoms with Gasteiger partial charge in [-0.25, -0.2) is 0 Å². The summed E-state index contributed by atoms with van der Waals surface area (Å²) in [4.78, 5) is 0. The van der Waals surface area contributed by atoms with Gasteiger partial charge in [0.05, 0.1) is 5.60 Å². The van der Waals surface area contributed by atoms with Gasteiger partial charge in [-0.05, 0) is 61.7 Å². The number of methoxy groups -OCH3 is 1. The second-order valence-electron chi connectivity index (χ2n) is 8.49. The van der Waals surface area contributed by atoms with Gasteiger partial charge in [0.2, 0.25) is 0 Å². The quantitative estimate of drug-likeness (QED) is 0.833. The highest BCUT2D eigenvalue weighted by Crippen LogP contribution is 2.46. The Morgan fingerprint density at radius 3 is 2.10 bits per heavy atom. The van der Waals surface area contributed by atoms with Gasteiger partial charge in [0.1, 0.15) is 0 Å². The standard InChI is InChI=1S/C18H35NO/c1-13-6-7-15(12-14(13)2)16(19)18(20-5)10-8-17(3,4)9-11-18/h13-16H,6-12,19H2,1-5H3. The van der Waals surface area contributed by atoms with Crippen LogP contribution in [0.15, 0.2) is 0 Å². The van der Waals surface area contributed by atoms with Gasteiger partial charge in [-0.1, -0.05) is 34.1 Å². The zero-order chi connectivity index (χ0) is 15.0. The maximum Gasteiger partial charge on any atom is 0.0831 e. The summed E-state index contributed by atoms with van der Waals surface area (Å²) in [5.74, 6) is 2.33. The average Bonchev–Trinajstić information content (AvgIpc) is 2.42. The first kappa shape index (κ1) is 16.3. The van der Waals surface area contributed by atoms with E-state index in [1.807, 2.05) is 7.11 Å². The van der Waals surface area contributed by atoms with Crippen molar-refractivity contribution < 1.29 is 4.74 Å². The molecule has 0 spiro atoms. The van der Waals surface area contributed by atoms with Crippen LogP contribution >= 0.6 is 0 Å². The summed E-state index contributed by atoms with van der Waals surface area (Å²) in [6.45, 7) is 9.54. The predicted molar refractivity (Wildman–Crippen MR) is 85.6 cm³/mol. The molecule has 2 fully saturated rings. The first-order valence-corrected chi connectivity index (χ1v) is 8.60. The van der Waals surface area contributed by atoms with E-state index in [4.69, 9.17) is 10.5 Å². The van der Waals surface area contributed by atoms with E-state index in [1.54, 1.807) is 0 Å². The summed E-state index contributed by atoms with van der Waals surface area (Å²) >= 11 is 0. The van der Waals surface area contributed by atoms with E-state index in [0.717, 1.165) is 24.7 Å². The van der Waals surface area contributed by atoms with Crippen LogP contribution < -0.4 is 5.73 Å². The lowest BCUT2D eigenvalue weighted by molar-refractivity contribution is -0.0953. The molecule has 4 atom stereocenters. The van der Waals surface area contributed by atoms with E-state index in [9.17, 15) is 0 Å². The molecule has 0 aliphatic heterocycles. The van der Waals surface area contributed by atoms with Gasteiger partial charge in [0.25, 0.3) is 0 Å². The minimum Gasteiger partial charge on any atom is -0.377 e. The Bertz CT molecular complexity index is 315.